The molecule has 3 heterocycles. The molecule has 1 N–H and O–H groups in total. The second-order valence-electron chi connectivity index (χ2n) is 6.87. The van der Waals surface area contributed by atoms with E-state index in [2.05, 4.69) is 21.2 Å². The summed E-state index contributed by atoms with van der Waals surface area (Å²) in [5, 5.41) is 7.64. The fourth-order valence-corrected chi connectivity index (χ4v) is 4.11. The van der Waals surface area contributed by atoms with Gasteiger partial charge in [0.2, 0.25) is 5.91 Å². The van der Waals surface area contributed by atoms with Gasteiger partial charge in [0.15, 0.2) is 0 Å². The molecule has 0 aromatic carbocycles. The molecule has 1 aliphatic heterocycles. The van der Waals surface area contributed by atoms with Crippen LogP contribution in [0.2, 0.25) is 0 Å². The first-order chi connectivity index (χ1) is 11.8. The summed E-state index contributed by atoms with van der Waals surface area (Å²) in [5.41, 5.74) is 4.92. The number of likely N-dealkylation sites (tertiary alicyclic amines) is 1. The number of hydrogen-bond donors (Lipinski definition) is 1. The highest BCUT2D eigenvalue weighted by atomic mass is 16.2. The number of fused-ring (bicyclic) bond motifs is 1. The van der Waals surface area contributed by atoms with Crippen molar-refractivity contribution >= 4 is 5.91 Å². The lowest BCUT2D eigenvalue weighted by Gasteiger charge is -2.25. The number of aromatic amines is 1. The van der Waals surface area contributed by atoms with Crippen LogP contribution in [0.4, 0.5) is 0 Å². The summed E-state index contributed by atoms with van der Waals surface area (Å²) in [7, 11) is 0. The highest BCUT2D eigenvalue weighted by molar-refractivity contribution is 5.77. The fourth-order valence-electron chi connectivity index (χ4n) is 4.11. The van der Waals surface area contributed by atoms with Crippen LogP contribution in [-0.2, 0) is 24.1 Å². The van der Waals surface area contributed by atoms with E-state index in [-0.39, 0.29) is 11.9 Å². The molecule has 2 aliphatic rings. The second kappa shape index (κ2) is 6.75. The SMILES string of the molecule is O=C(CCc1n[nH]c2c1CCCC2)N1CCCC1c1cccnc1. The lowest BCUT2D eigenvalue weighted by molar-refractivity contribution is -0.132. The monoisotopic (exact) mass is 324 g/mol. The smallest absolute Gasteiger partial charge is 0.223 e. The van der Waals surface area contributed by atoms with Crippen molar-refractivity contribution in [2.24, 2.45) is 0 Å². The van der Waals surface area contributed by atoms with Gasteiger partial charge in [-0.05, 0) is 55.7 Å². The van der Waals surface area contributed by atoms with Crippen molar-refractivity contribution in [2.45, 2.75) is 57.4 Å². The Hall–Kier alpha value is -2.17. The van der Waals surface area contributed by atoms with E-state index in [9.17, 15) is 4.79 Å². The van der Waals surface area contributed by atoms with Crippen molar-refractivity contribution in [2.75, 3.05) is 6.54 Å². The molecule has 0 spiro atoms. The van der Waals surface area contributed by atoms with Crippen molar-refractivity contribution in [1.29, 1.82) is 0 Å². The molecule has 5 nitrogen and oxygen atoms in total. The normalized spacial score (nSPS) is 20.2. The Morgan fingerprint density at radius 2 is 2.21 bits per heavy atom. The molecule has 4 rings (SSSR count). The molecule has 2 aromatic rings. The van der Waals surface area contributed by atoms with Crippen LogP contribution in [-0.4, -0.2) is 32.5 Å². The summed E-state index contributed by atoms with van der Waals surface area (Å²) >= 11 is 0. The lowest BCUT2D eigenvalue weighted by Crippen LogP contribution is -2.30. The van der Waals surface area contributed by atoms with Crippen molar-refractivity contribution in [1.82, 2.24) is 20.1 Å². The minimum Gasteiger partial charge on any atom is -0.336 e. The number of amides is 1. The van der Waals surface area contributed by atoms with E-state index in [1.165, 1.54) is 24.1 Å². The van der Waals surface area contributed by atoms with Gasteiger partial charge in [-0.25, -0.2) is 0 Å². The first kappa shape index (κ1) is 15.4. The van der Waals surface area contributed by atoms with Gasteiger partial charge in [0.05, 0.1) is 11.7 Å². The number of hydrogen-bond acceptors (Lipinski definition) is 3. The van der Waals surface area contributed by atoms with Crippen molar-refractivity contribution < 1.29 is 4.79 Å². The topological polar surface area (TPSA) is 61.9 Å². The summed E-state index contributed by atoms with van der Waals surface area (Å²) < 4.78 is 0. The number of pyridine rings is 1. The minimum absolute atomic E-state index is 0.194. The van der Waals surface area contributed by atoms with Crippen LogP contribution in [0, 0.1) is 0 Å². The van der Waals surface area contributed by atoms with Crippen LogP contribution in [0.15, 0.2) is 24.5 Å². The maximum atomic E-state index is 12.8. The van der Waals surface area contributed by atoms with E-state index < -0.39 is 0 Å². The lowest BCUT2D eigenvalue weighted by atomic mass is 9.94. The number of H-pyrrole nitrogens is 1. The Balaban J connectivity index is 1.42. The molecule has 24 heavy (non-hydrogen) atoms. The fraction of sp³-hybridized carbons (Fsp3) is 0.526. The molecule has 1 unspecified atom stereocenters. The van der Waals surface area contributed by atoms with Crippen LogP contribution in [0.3, 0.4) is 0 Å². The van der Waals surface area contributed by atoms with Gasteiger partial charge in [-0.2, -0.15) is 5.10 Å². The molecule has 126 valence electrons. The third kappa shape index (κ3) is 2.95. The van der Waals surface area contributed by atoms with E-state index in [0.29, 0.717) is 6.42 Å². The Morgan fingerprint density at radius 3 is 3.08 bits per heavy atom. The van der Waals surface area contributed by atoms with E-state index >= 15 is 0 Å². The molecule has 0 saturated carbocycles. The van der Waals surface area contributed by atoms with Crippen molar-refractivity contribution in [3.8, 4) is 0 Å². The zero-order chi connectivity index (χ0) is 16.4. The van der Waals surface area contributed by atoms with E-state index in [0.717, 1.165) is 49.9 Å². The molecule has 1 amide bonds. The largest absolute Gasteiger partial charge is 0.336 e. The number of aromatic nitrogens is 3. The van der Waals surface area contributed by atoms with Gasteiger partial charge < -0.3 is 4.90 Å². The number of nitrogens with one attached hydrogen (secondary N) is 1. The maximum Gasteiger partial charge on any atom is 0.223 e. The molecule has 0 radical (unpaired) electrons. The first-order valence-corrected chi connectivity index (χ1v) is 9.07. The van der Waals surface area contributed by atoms with Gasteiger partial charge in [0.25, 0.3) is 0 Å². The highest BCUT2D eigenvalue weighted by Crippen LogP contribution is 2.32. The second-order valence-corrected chi connectivity index (χ2v) is 6.87. The summed E-state index contributed by atoms with van der Waals surface area (Å²) in [6.07, 6.45) is 11.8. The minimum atomic E-state index is 0.194. The molecule has 1 saturated heterocycles. The average molecular weight is 324 g/mol. The van der Waals surface area contributed by atoms with Gasteiger partial charge >= 0.3 is 0 Å². The zero-order valence-electron chi connectivity index (χ0n) is 14.0. The predicted octanol–water partition coefficient (Wildman–Crippen LogP) is 2.98. The number of rotatable bonds is 4. The van der Waals surface area contributed by atoms with Gasteiger partial charge in [-0.1, -0.05) is 6.07 Å². The molecule has 1 atom stereocenters. The van der Waals surface area contributed by atoms with Gasteiger partial charge in [0, 0.05) is 37.5 Å². The number of aryl methyl sites for hydroxylation is 2. The molecule has 5 heteroatoms. The molecule has 1 fully saturated rings. The van der Waals surface area contributed by atoms with Gasteiger partial charge in [0.1, 0.15) is 0 Å². The third-order valence-corrected chi connectivity index (χ3v) is 5.36. The van der Waals surface area contributed by atoms with Crippen LogP contribution >= 0.6 is 0 Å². The van der Waals surface area contributed by atoms with Crippen molar-refractivity contribution in [3.63, 3.8) is 0 Å². The molecule has 2 aromatic heterocycles. The molecular weight excluding hydrogens is 300 g/mol. The summed E-state index contributed by atoms with van der Waals surface area (Å²) in [5.74, 6) is 0.244. The average Bonchev–Trinajstić information content (AvgIpc) is 3.28. The number of nitrogens with zero attached hydrogens (tertiary/aromatic N) is 3. The zero-order valence-corrected chi connectivity index (χ0v) is 14.0. The summed E-state index contributed by atoms with van der Waals surface area (Å²) in [6.45, 7) is 0.858. The Kier molecular flexibility index (Phi) is 4.32. The van der Waals surface area contributed by atoms with Gasteiger partial charge in [-0.15, -0.1) is 0 Å². The third-order valence-electron chi connectivity index (χ3n) is 5.36. The standard InChI is InChI=1S/C19H24N4O/c24-19(10-9-17-15-6-1-2-7-16(15)21-22-17)23-12-4-8-18(23)14-5-3-11-20-13-14/h3,5,11,13,18H,1-2,4,6-10,12H2,(H,21,22). The van der Waals surface area contributed by atoms with Crippen LogP contribution in [0.1, 0.15) is 60.7 Å². The number of carbonyl (C=O) groups excluding carboxylic acids is 1. The van der Waals surface area contributed by atoms with E-state index in [4.69, 9.17) is 0 Å². The first-order valence-electron chi connectivity index (χ1n) is 9.07. The molecular formula is C19H24N4O. The quantitative estimate of drug-likeness (QED) is 0.940. The molecule has 1 aliphatic carbocycles. The Labute approximate surface area is 142 Å². The highest BCUT2D eigenvalue weighted by Gasteiger charge is 2.30. The van der Waals surface area contributed by atoms with Crippen molar-refractivity contribution in [3.05, 3.63) is 47.0 Å². The Morgan fingerprint density at radius 1 is 1.29 bits per heavy atom. The van der Waals surface area contributed by atoms with Crippen LogP contribution < -0.4 is 0 Å². The van der Waals surface area contributed by atoms with Crippen LogP contribution in [0.25, 0.3) is 0 Å². The van der Waals surface area contributed by atoms with E-state index in [1.54, 1.807) is 6.20 Å². The predicted molar refractivity (Wildman–Crippen MR) is 91.5 cm³/mol. The van der Waals surface area contributed by atoms with E-state index in [1.807, 2.05) is 17.2 Å². The molecule has 0 bridgehead atoms. The number of carbonyl (C=O) groups is 1. The maximum absolute atomic E-state index is 12.8. The summed E-state index contributed by atoms with van der Waals surface area (Å²) in [6, 6.07) is 4.22. The van der Waals surface area contributed by atoms with Gasteiger partial charge in [-0.3, -0.25) is 14.9 Å². The Bertz CT molecular complexity index is 709. The summed E-state index contributed by atoms with van der Waals surface area (Å²) in [4.78, 5) is 19.0. The van der Waals surface area contributed by atoms with Crippen LogP contribution in [0.5, 0.6) is 0 Å².